The van der Waals surface area contributed by atoms with Crippen LogP contribution in [0.25, 0.3) is 0 Å². The van der Waals surface area contributed by atoms with Crippen LogP contribution in [0.1, 0.15) is 25.8 Å². The number of rotatable bonds is 7. The summed E-state index contributed by atoms with van der Waals surface area (Å²) in [5.74, 6) is 0.248. The number of carbonyl (C=O) groups excluding carboxylic acids is 1. The Bertz CT molecular complexity index is 426. The molecule has 0 unspecified atom stereocenters. The first kappa shape index (κ1) is 15.0. The van der Waals surface area contributed by atoms with E-state index in [4.69, 9.17) is 9.47 Å². The van der Waals surface area contributed by atoms with Gasteiger partial charge in [0, 0.05) is 5.56 Å². The third-order valence-electron chi connectivity index (χ3n) is 2.25. The molecule has 0 bridgehead atoms. The van der Waals surface area contributed by atoms with Gasteiger partial charge in [-0.2, -0.15) is 0 Å². The Kier molecular flexibility index (Phi) is 6.43. The highest BCUT2D eigenvalue weighted by molar-refractivity contribution is 6.43. The molecule has 0 N–H and O–H groups in total. The van der Waals surface area contributed by atoms with E-state index in [-0.39, 0.29) is 5.71 Å². The van der Waals surface area contributed by atoms with Crippen LogP contribution in [0.3, 0.4) is 0 Å². The molecule has 19 heavy (non-hydrogen) atoms. The normalized spacial score (nSPS) is 11.0. The first-order chi connectivity index (χ1) is 9.22. The fourth-order valence-corrected chi connectivity index (χ4v) is 1.43. The van der Waals surface area contributed by atoms with Crippen LogP contribution in [0.15, 0.2) is 29.4 Å². The average molecular weight is 265 g/mol. The number of esters is 1. The summed E-state index contributed by atoms with van der Waals surface area (Å²) in [5.41, 5.74) is 0.774. The van der Waals surface area contributed by atoms with Crippen molar-refractivity contribution in [1.29, 1.82) is 0 Å². The predicted octanol–water partition coefficient (Wildman–Crippen LogP) is 2.39. The van der Waals surface area contributed by atoms with E-state index < -0.39 is 5.97 Å². The van der Waals surface area contributed by atoms with Gasteiger partial charge in [0.2, 0.25) is 0 Å². The molecule has 5 nitrogen and oxygen atoms in total. The van der Waals surface area contributed by atoms with Crippen molar-refractivity contribution in [3.05, 3.63) is 29.8 Å². The lowest BCUT2D eigenvalue weighted by atomic mass is 10.1. The summed E-state index contributed by atoms with van der Waals surface area (Å²) in [6.07, 6.45) is 0.945. The lowest BCUT2D eigenvalue weighted by molar-refractivity contribution is -0.135. The molecule has 0 saturated carbocycles. The fourth-order valence-electron chi connectivity index (χ4n) is 1.43. The smallest absolute Gasteiger partial charge is 0.361 e. The van der Waals surface area contributed by atoms with Crippen LogP contribution in [-0.2, 0) is 14.4 Å². The summed E-state index contributed by atoms with van der Waals surface area (Å²) in [5, 5.41) is 3.71. The summed E-state index contributed by atoms with van der Waals surface area (Å²) < 4.78 is 10.4. The molecule has 104 valence electrons. The lowest BCUT2D eigenvalue weighted by Gasteiger charge is -2.07. The molecule has 1 aromatic rings. The van der Waals surface area contributed by atoms with Gasteiger partial charge in [-0.1, -0.05) is 12.1 Å². The van der Waals surface area contributed by atoms with Gasteiger partial charge in [-0.15, -0.1) is 0 Å². The van der Waals surface area contributed by atoms with Gasteiger partial charge in [0.25, 0.3) is 0 Å². The predicted molar refractivity (Wildman–Crippen MR) is 72.4 cm³/mol. The maximum absolute atomic E-state index is 11.7. The molecule has 5 heteroatoms. The Morgan fingerprint density at radius 3 is 2.42 bits per heavy atom. The number of benzene rings is 1. The second kappa shape index (κ2) is 8.13. The second-order valence-corrected chi connectivity index (χ2v) is 3.72. The van der Waals surface area contributed by atoms with Gasteiger partial charge in [-0.05, 0) is 37.6 Å². The molecule has 0 atom stereocenters. The maximum Gasteiger partial charge on any atom is 0.361 e. The third kappa shape index (κ3) is 4.62. The average Bonchev–Trinajstić information content (AvgIpc) is 2.43. The van der Waals surface area contributed by atoms with E-state index in [9.17, 15) is 4.79 Å². The topological polar surface area (TPSA) is 57.1 Å². The van der Waals surface area contributed by atoms with Crippen LogP contribution in [0, 0.1) is 0 Å². The quantitative estimate of drug-likeness (QED) is 0.431. The Hall–Kier alpha value is -2.04. The molecular weight excluding hydrogens is 246 g/mol. The van der Waals surface area contributed by atoms with Gasteiger partial charge in [-0.3, -0.25) is 0 Å². The number of hydrogen-bond acceptors (Lipinski definition) is 5. The Morgan fingerprint density at radius 1 is 1.21 bits per heavy atom. The van der Waals surface area contributed by atoms with E-state index in [1.54, 1.807) is 31.2 Å². The van der Waals surface area contributed by atoms with Crippen LogP contribution in [0.2, 0.25) is 0 Å². The molecule has 1 aromatic carbocycles. The number of oxime groups is 1. The van der Waals surface area contributed by atoms with Gasteiger partial charge in [0.1, 0.15) is 12.9 Å². The van der Waals surface area contributed by atoms with Crippen molar-refractivity contribution in [2.45, 2.75) is 20.3 Å². The number of nitrogens with zero attached hydrogens (tertiary/aromatic N) is 1. The number of hydrogen-bond donors (Lipinski definition) is 0. The minimum Gasteiger partial charge on any atom is -0.494 e. The van der Waals surface area contributed by atoms with Gasteiger partial charge in [0.15, 0.2) is 5.71 Å². The van der Waals surface area contributed by atoms with E-state index in [0.717, 1.165) is 12.2 Å². The molecule has 0 fully saturated rings. The van der Waals surface area contributed by atoms with Crippen molar-refractivity contribution in [1.82, 2.24) is 0 Å². The Balaban J connectivity index is 2.86. The monoisotopic (exact) mass is 265 g/mol. The number of carbonyl (C=O) groups is 1. The van der Waals surface area contributed by atoms with Gasteiger partial charge in [0.05, 0.1) is 13.2 Å². The van der Waals surface area contributed by atoms with Crippen LogP contribution in [0.5, 0.6) is 5.75 Å². The highest BCUT2D eigenvalue weighted by Gasteiger charge is 2.16. The Labute approximate surface area is 113 Å². The summed E-state index contributed by atoms with van der Waals surface area (Å²) in [4.78, 5) is 16.4. The van der Waals surface area contributed by atoms with E-state index >= 15 is 0 Å². The van der Waals surface area contributed by atoms with Crippen molar-refractivity contribution in [2.24, 2.45) is 5.16 Å². The molecule has 0 aromatic heterocycles. The molecule has 0 heterocycles. The highest BCUT2D eigenvalue weighted by Crippen LogP contribution is 2.14. The highest BCUT2D eigenvalue weighted by atomic mass is 16.6. The SMILES string of the molecule is CCCOc1ccc(C(=NOC)C(=O)OCC)cc1. The van der Waals surface area contributed by atoms with E-state index in [0.29, 0.717) is 18.8 Å². The molecule has 0 aliphatic heterocycles. The number of ether oxygens (including phenoxy) is 2. The fraction of sp³-hybridized carbons (Fsp3) is 0.429. The largest absolute Gasteiger partial charge is 0.494 e. The standard InChI is InChI=1S/C14H19NO4/c1-4-10-19-12-8-6-11(7-9-12)13(15-17-3)14(16)18-5-2/h6-9H,4-5,10H2,1-3H3. The van der Waals surface area contributed by atoms with E-state index in [1.165, 1.54) is 7.11 Å². The van der Waals surface area contributed by atoms with E-state index in [1.807, 2.05) is 6.92 Å². The third-order valence-corrected chi connectivity index (χ3v) is 2.25. The van der Waals surface area contributed by atoms with Crippen LogP contribution >= 0.6 is 0 Å². The zero-order chi connectivity index (χ0) is 14.1. The molecular formula is C14H19NO4. The summed E-state index contributed by atoms with van der Waals surface area (Å²) in [7, 11) is 1.39. The summed E-state index contributed by atoms with van der Waals surface area (Å²) >= 11 is 0. The van der Waals surface area contributed by atoms with Crippen molar-refractivity contribution < 1.29 is 19.1 Å². The zero-order valence-corrected chi connectivity index (χ0v) is 11.5. The summed E-state index contributed by atoms with van der Waals surface area (Å²) in [6.45, 7) is 4.73. The molecule has 0 amide bonds. The molecule has 0 saturated heterocycles. The first-order valence-corrected chi connectivity index (χ1v) is 6.24. The van der Waals surface area contributed by atoms with Crippen LogP contribution in [-0.4, -0.2) is 32.0 Å². The summed E-state index contributed by atoms with van der Waals surface area (Å²) in [6, 6.07) is 7.07. The molecule has 0 spiro atoms. The zero-order valence-electron chi connectivity index (χ0n) is 11.5. The van der Waals surface area contributed by atoms with Gasteiger partial charge in [-0.25, -0.2) is 4.79 Å². The second-order valence-electron chi connectivity index (χ2n) is 3.72. The van der Waals surface area contributed by atoms with Gasteiger partial charge >= 0.3 is 5.97 Å². The van der Waals surface area contributed by atoms with Crippen molar-refractivity contribution in [3.8, 4) is 5.75 Å². The Morgan fingerprint density at radius 2 is 1.89 bits per heavy atom. The van der Waals surface area contributed by atoms with Gasteiger partial charge < -0.3 is 14.3 Å². The first-order valence-electron chi connectivity index (χ1n) is 6.24. The molecule has 1 rings (SSSR count). The molecule has 0 aliphatic carbocycles. The minimum atomic E-state index is -0.508. The van der Waals surface area contributed by atoms with Crippen molar-refractivity contribution in [3.63, 3.8) is 0 Å². The lowest BCUT2D eigenvalue weighted by Crippen LogP contribution is -2.19. The van der Waals surface area contributed by atoms with Crippen molar-refractivity contribution >= 4 is 11.7 Å². The van der Waals surface area contributed by atoms with Crippen LogP contribution < -0.4 is 4.74 Å². The maximum atomic E-state index is 11.7. The van der Waals surface area contributed by atoms with Crippen LogP contribution in [0.4, 0.5) is 0 Å². The molecule has 0 radical (unpaired) electrons. The van der Waals surface area contributed by atoms with Crippen molar-refractivity contribution in [2.75, 3.05) is 20.3 Å². The van der Waals surface area contributed by atoms with E-state index in [2.05, 4.69) is 9.99 Å². The minimum absolute atomic E-state index is 0.145. The molecule has 0 aliphatic rings.